The van der Waals surface area contributed by atoms with E-state index in [1.54, 1.807) is 19.9 Å². The highest BCUT2D eigenvalue weighted by Gasteiger charge is 2.12. The van der Waals surface area contributed by atoms with Crippen LogP contribution in [0.25, 0.3) is 6.08 Å². The number of Topliss-reactive ketones (excluding diaryl/α,β-unsaturated/α-hetero) is 1. The van der Waals surface area contributed by atoms with E-state index in [4.69, 9.17) is 0 Å². The Bertz CT molecular complexity index is 375. The molecule has 0 aromatic heterocycles. The third-order valence-electron chi connectivity index (χ3n) is 2.06. The molecule has 2 nitrogen and oxygen atoms in total. The lowest BCUT2D eigenvalue weighted by molar-refractivity contribution is -0.119. The van der Waals surface area contributed by atoms with Crippen LogP contribution in [-0.4, -0.2) is 12.1 Å². The van der Waals surface area contributed by atoms with Gasteiger partial charge in [0, 0.05) is 5.92 Å². The number of allylic oxidation sites excluding steroid dienone is 1. The molecule has 0 unspecified atom stereocenters. The van der Waals surface area contributed by atoms with Crippen LogP contribution in [0.4, 0.5) is 0 Å². The van der Waals surface area contributed by atoms with Gasteiger partial charge in [-0.3, -0.25) is 9.59 Å². The van der Waals surface area contributed by atoms with Crippen LogP contribution in [0.1, 0.15) is 19.4 Å². The molecule has 0 saturated carbocycles. The van der Waals surface area contributed by atoms with Crippen molar-refractivity contribution >= 4 is 18.1 Å². The third-order valence-corrected chi connectivity index (χ3v) is 2.06. The number of hydrogen-bond acceptors (Lipinski definition) is 2. The van der Waals surface area contributed by atoms with Crippen LogP contribution in [0.5, 0.6) is 0 Å². The topological polar surface area (TPSA) is 34.1 Å². The molecule has 0 heterocycles. The van der Waals surface area contributed by atoms with E-state index in [1.807, 2.05) is 30.3 Å². The zero-order valence-corrected chi connectivity index (χ0v) is 8.94. The molecule has 2 heteroatoms. The zero-order valence-electron chi connectivity index (χ0n) is 8.94. The van der Waals surface area contributed by atoms with Crippen LogP contribution in [0, 0.1) is 5.92 Å². The molecular formula is C13H14O2. The lowest BCUT2D eigenvalue weighted by Crippen LogP contribution is -2.10. The van der Waals surface area contributed by atoms with Gasteiger partial charge in [0.05, 0.1) is 5.57 Å². The van der Waals surface area contributed by atoms with Crippen LogP contribution >= 0.6 is 0 Å². The van der Waals surface area contributed by atoms with Crippen LogP contribution in [0.15, 0.2) is 35.9 Å². The summed E-state index contributed by atoms with van der Waals surface area (Å²) < 4.78 is 0. The summed E-state index contributed by atoms with van der Waals surface area (Å²) in [5, 5.41) is 0. The number of carbonyl (C=O) groups is 2. The molecule has 0 saturated heterocycles. The Labute approximate surface area is 89.6 Å². The van der Waals surface area contributed by atoms with Gasteiger partial charge in [-0.1, -0.05) is 44.2 Å². The molecular weight excluding hydrogens is 188 g/mol. The number of rotatable bonds is 4. The van der Waals surface area contributed by atoms with Gasteiger partial charge in [0.15, 0.2) is 12.1 Å². The van der Waals surface area contributed by atoms with Crippen molar-refractivity contribution in [2.45, 2.75) is 13.8 Å². The fourth-order valence-corrected chi connectivity index (χ4v) is 1.23. The minimum absolute atomic E-state index is 0.117. The third kappa shape index (κ3) is 3.17. The largest absolute Gasteiger partial charge is 0.298 e. The van der Waals surface area contributed by atoms with Crippen molar-refractivity contribution in [3.8, 4) is 0 Å². The molecule has 0 bridgehead atoms. The molecule has 0 aliphatic carbocycles. The normalized spacial score (nSPS) is 11.5. The SMILES string of the molecule is CC(C)C(=O)C(C=O)=Cc1ccccc1. The van der Waals surface area contributed by atoms with Gasteiger partial charge in [0.25, 0.3) is 0 Å². The van der Waals surface area contributed by atoms with Crippen LogP contribution in [0.2, 0.25) is 0 Å². The van der Waals surface area contributed by atoms with Crippen LogP contribution in [-0.2, 0) is 9.59 Å². The predicted octanol–water partition coefficient (Wildman–Crippen LogP) is 2.49. The van der Waals surface area contributed by atoms with E-state index in [-0.39, 0.29) is 17.3 Å². The van der Waals surface area contributed by atoms with E-state index in [0.717, 1.165) is 5.56 Å². The Kier molecular flexibility index (Phi) is 3.98. The lowest BCUT2D eigenvalue weighted by atomic mass is 10.00. The maximum absolute atomic E-state index is 11.6. The molecule has 0 aliphatic rings. The Balaban J connectivity index is 2.98. The second-order valence-electron chi connectivity index (χ2n) is 3.65. The summed E-state index contributed by atoms with van der Waals surface area (Å²) in [6.07, 6.45) is 2.24. The molecule has 0 spiro atoms. The van der Waals surface area contributed by atoms with Gasteiger partial charge in [-0.05, 0) is 11.6 Å². The standard InChI is InChI=1S/C13H14O2/c1-10(2)13(15)12(9-14)8-11-6-4-3-5-7-11/h3-10H,1-2H3. The summed E-state index contributed by atoms with van der Waals surface area (Å²) in [4.78, 5) is 22.3. The van der Waals surface area contributed by atoms with Crippen molar-refractivity contribution in [1.29, 1.82) is 0 Å². The molecule has 1 aromatic carbocycles. The summed E-state index contributed by atoms with van der Waals surface area (Å²) in [5.74, 6) is -0.265. The fraction of sp³-hybridized carbons (Fsp3) is 0.231. The monoisotopic (exact) mass is 202 g/mol. The van der Waals surface area contributed by atoms with Gasteiger partial charge < -0.3 is 0 Å². The van der Waals surface area contributed by atoms with Gasteiger partial charge in [0.1, 0.15) is 0 Å². The highest BCUT2D eigenvalue weighted by atomic mass is 16.1. The van der Waals surface area contributed by atoms with Gasteiger partial charge in [-0.25, -0.2) is 0 Å². The van der Waals surface area contributed by atoms with E-state index in [1.165, 1.54) is 0 Å². The Morgan fingerprint density at radius 1 is 1.20 bits per heavy atom. The molecule has 0 N–H and O–H groups in total. The molecule has 1 aromatic rings. The molecule has 0 aliphatic heterocycles. The first-order valence-electron chi connectivity index (χ1n) is 4.91. The Hall–Kier alpha value is -1.70. The molecule has 0 amide bonds. The minimum atomic E-state index is -0.148. The van der Waals surface area contributed by atoms with Gasteiger partial charge in [-0.15, -0.1) is 0 Å². The smallest absolute Gasteiger partial charge is 0.168 e. The minimum Gasteiger partial charge on any atom is -0.298 e. The zero-order chi connectivity index (χ0) is 11.3. The van der Waals surface area contributed by atoms with Crippen molar-refractivity contribution < 1.29 is 9.59 Å². The maximum atomic E-state index is 11.6. The number of benzene rings is 1. The van der Waals surface area contributed by atoms with Gasteiger partial charge in [-0.2, -0.15) is 0 Å². The summed E-state index contributed by atoms with van der Waals surface area (Å²) in [7, 11) is 0. The quantitative estimate of drug-likeness (QED) is 0.325. The molecule has 0 radical (unpaired) electrons. The molecule has 15 heavy (non-hydrogen) atoms. The molecule has 78 valence electrons. The average molecular weight is 202 g/mol. The second kappa shape index (κ2) is 5.25. The van der Waals surface area contributed by atoms with Crippen molar-refractivity contribution in [1.82, 2.24) is 0 Å². The van der Waals surface area contributed by atoms with E-state index in [2.05, 4.69) is 0 Å². The number of ketones is 1. The molecule has 1 rings (SSSR count). The summed E-state index contributed by atoms with van der Waals surface area (Å²) >= 11 is 0. The highest BCUT2D eigenvalue weighted by Crippen LogP contribution is 2.09. The van der Waals surface area contributed by atoms with Gasteiger partial charge >= 0.3 is 0 Å². The predicted molar refractivity (Wildman–Crippen MR) is 60.3 cm³/mol. The van der Waals surface area contributed by atoms with Gasteiger partial charge in [0.2, 0.25) is 0 Å². The summed E-state index contributed by atoms with van der Waals surface area (Å²) in [6.45, 7) is 3.56. The number of carbonyl (C=O) groups excluding carboxylic acids is 2. The second-order valence-corrected chi connectivity index (χ2v) is 3.65. The lowest BCUT2D eigenvalue weighted by Gasteiger charge is -2.02. The van der Waals surface area contributed by atoms with Crippen molar-refractivity contribution in [2.75, 3.05) is 0 Å². The first kappa shape index (κ1) is 11.4. The van der Waals surface area contributed by atoms with Crippen molar-refractivity contribution in [3.05, 3.63) is 41.5 Å². The average Bonchev–Trinajstić information content (AvgIpc) is 2.26. The van der Waals surface area contributed by atoms with E-state index in [0.29, 0.717) is 6.29 Å². The van der Waals surface area contributed by atoms with E-state index >= 15 is 0 Å². The maximum Gasteiger partial charge on any atom is 0.168 e. The highest BCUT2D eigenvalue weighted by molar-refractivity contribution is 6.16. The summed E-state index contributed by atoms with van der Waals surface area (Å²) in [6, 6.07) is 9.35. The first-order valence-corrected chi connectivity index (χ1v) is 4.91. The fourth-order valence-electron chi connectivity index (χ4n) is 1.23. The number of aldehydes is 1. The van der Waals surface area contributed by atoms with Crippen molar-refractivity contribution in [2.24, 2.45) is 5.92 Å². The van der Waals surface area contributed by atoms with Crippen LogP contribution in [0.3, 0.4) is 0 Å². The Morgan fingerprint density at radius 2 is 1.80 bits per heavy atom. The number of hydrogen-bond donors (Lipinski definition) is 0. The first-order chi connectivity index (χ1) is 7.15. The molecule has 0 fully saturated rings. The van der Waals surface area contributed by atoms with Crippen LogP contribution < -0.4 is 0 Å². The summed E-state index contributed by atoms with van der Waals surface area (Å²) in [5.41, 5.74) is 1.10. The van der Waals surface area contributed by atoms with Crippen molar-refractivity contribution in [3.63, 3.8) is 0 Å². The van der Waals surface area contributed by atoms with E-state index < -0.39 is 0 Å². The Morgan fingerprint density at radius 3 is 2.27 bits per heavy atom. The molecule has 0 atom stereocenters. The van der Waals surface area contributed by atoms with E-state index in [9.17, 15) is 9.59 Å².